The van der Waals surface area contributed by atoms with Crippen molar-refractivity contribution in [3.8, 4) is 0 Å². The average molecular weight is 587 g/mol. The Morgan fingerprint density at radius 3 is 2.24 bits per heavy atom. The number of anilines is 2. The number of fused-ring (bicyclic) bond motifs is 3. The summed E-state index contributed by atoms with van der Waals surface area (Å²) in [6.45, 7) is 2.64. The van der Waals surface area contributed by atoms with Crippen LogP contribution in [-0.2, 0) is 11.2 Å². The molecule has 4 aromatic rings. The van der Waals surface area contributed by atoms with E-state index >= 15 is 0 Å². The molecule has 1 saturated carbocycles. The second-order valence-electron chi connectivity index (χ2n) is 11.4. The van der Waals surface area contributed by atoms with Crippen LogP contribution in [-0.4, -0.2) is 33.0 Å². The van der Waals surface area contributed by atoms with E-state index in [1.807, 2.05) is 6.92 Å². The van der Waals surface area contributed by atoms with Gasteiger partial charge in [-0.15, -0.1) is 0 Å². The molecule has 0 spiro atoms. The number of rotatable bonds is 7. The van der Waals surface area contributed by atoms with Gasteiger partial charge in [-0.25, -0.2) is 0 Å². The molecule has 0 radical (unpaired) electrons. The van der Waals surface area contributed by atoms with E-state index in [4.69, 9.17) is 12.2 Å². The summed E-state index contributed by atoms with van der Waals surface area (Å²) in [6, 6.07) is 37.7. The van der Waals surface area contributed by atoms with E-state index < -0.39 is 0 Å². The maximum absolute atomic E-state index is 12.9. The van der Waals surface area contributed by atoms with Crippen LogP contribution in [0, 0.1) is 0 Å². The van der Waals surface area contributed by atoms with Crippen molar-refractivity contribution in [2.45, 2.75) is 49.8 Å². The van der Waals surface area contributed by atoms with E-state index in [1.54, 1.807) is 16.7 Å². The Kier molecular flexibility index (Phi) is 7.47. The Labute approximate surface area is 258 Å². The molecular formula is C37H34N2OS2. The fourth-order valence-electron chi connectivity index (χ4n) is 6.96. The van der Waals surface area contributed by atoms with Gasteiger partial charge in [0.2, 0.25) is 5.91 Å². The largest absolute Gasteiger partial charge is 0.338 e. The summed E-state index contributed by atoms with van der Waals surface area (Å²) in [4.78, 5) is 17.2. The number of thioether (sulfide) groups is 1. The zero-order valence-corrected chi connectivity index (χ0v) is 25.4. The van der Waals surface area contributed by atoms with Crippen LogP contribution in [0.25, 0.3) is 11.6 Å². The van der Waals surface area contributed by atoms with Crippen molar-refractivity contribution in [2.75, 3.05) is 11.4 Å². The first-order chi connectivity index (χ1) is 20.6. The number of hydrogen-bond donors (Lipinski definition) is 0. The zero-order valence-electron chi connectivity index (χ0n) is 23.8. The third-order valence-electron chi connectivity index (χ3n) is 8.96. The Morgan fingerprint density at radius 1 is 0.905 bits per heavy atom. The van der Waals surface area contributed by atoms with E-state index in [2.05, 4.69) is 114 Å². The average Bonchev–Trinajstić information content (AvgIpc) is 3.70. The smallest absolute Gasteiger partial charge is 0.241 e. The zero-order chi connectivity index (χ0) is 28.6. The minimum Gasteiger partial charge on any atom is -0.338 e. The van der Waals surface area contributed by atoms with Crippen LogP contribution in [0.3, 0.4) is 0 Å². The van der Waals surface area contributed by atoms with E-state index in [1.165, 1.54) is 64.0 Å². The summed E-state index contributed by atoms with van der Waals surface area (Å²) in [7, 11) is 0. The second-order valence-corrected chi connectivity index (χ2v) is 13.2. The number of hydrogen-bond acceptors (Lipinski definition) is 4. The number of carbonyl (C=O) groups excluding carboxylic acids is 1. The molecule has 1 aliphatic carbocycles. The molecule has 42 heavy (non-hydrogen) atoms. The molecule has 2 aliphatic heterocycles. The molecule has 210 valence electrons. The van der Waals surface area contributed by atoms with Gasteiger partial charge in [0.15, 0.2) is 0 Å². The molecule has 5 heteroatoms. The molecule has 3 unspecified atom stereocenters. The third kappa shape index (κ3) is 4.99. The van der Waals surface area contributed by atoms with Crippen LogP contribution in [0.4, 0.5) is 11.4 Å². The number of thiocarbonyl (C=S) groups is 1. The third-order valence-corrected chi connectivity index (χ3v) is 10.5. The van der Waals surface area contributed by atoms with Crippen molar-refractivity contribution in [1.82, 2.24) is 4.90 Å². The SMILES string of the molecule is CCN1C(=O)C(Cc2ccc3c(c2)C2CCCC2N3c2ccc(C=C(c3ccccc3)c3ccccc3)cc2)SC1=S. The molecule has 3 atom stereocenters. The van der Waals surface area contributed by atoms with Gasteiger partial charge in [-0.2, -0.15) is 0 Å². The lowest BCUT2D eigenvalue weighted by Crippen LogP contribution is -2.31. The van der Waals surface area contributed by atoms with Gasteiger partial charge < -0.3 is 4.90 Å². The van der Waals surface area contributed by atoms with Crippen molar-refractivity contribution in [3.05, 3.63) is 131 Å². The fraction of sp³-hybridized carbons (Fsp3) is 0.243. The van der Waals surface area contributed by atoms with Crippen LogP contribution in [0.15, 0.2) is 103 Å². The second kappa shape index (κ2) is 11.5. The molecule has 1 saturated heterocycles. The molecule has 1 amide bonds. The molecule has 3 aliphatic rings. The normalized spacial score (nSPS) is 21.0. The van der Waals surface area contributed by atoms with Crippen LogP contribution < -0.4 is 4.90 Å². The van der Waals surface area contributed by atoms with Crippen molar-refractivity contribution in [2.24, 2.45) is 0 Å². The molecule has 7 rings (SSSR count). The highest BCUT2D eigenvalue weighted by atomic mass is 32.2. The lowest BCUT2D eigenvalue weighted by Gasteiger charge is -2.27. The first-order valence-electron chi connectivity index (χ1n) is 15.0. The maximum atomic E-state index is 12.9. The summed E-state index contributed by atoms with van der Waals surface area (Å²) in [5.74, 6) is 0.702. The molecule has 4 aromatic carbocycles. The van der Waals surface area contributed by atoms with Gasteiger partial charge >= 0.3 is 0 Å². The summed E-state index contributed by atoms with van der Waals surface area (Å²) in [6.07, 6.45) is 6.71. The van der Waals surface area contributed by atoms with E-state index in [-0.39, 0.29) is 11.2 Å². The van der Waals surface area contributed by atoms with Crippen LogP contribution in [0.5, 0.6) is 0 Å². The fourth-order valence-corrected chi connectivity index (χ4v) is 8.62. The van der Waals surface area contributed by atoms with Crippen molar-refractivity contribution < 1.29 is 4.79 Å². The summed E-state index contributed by atoms with van der Waals surface area (Å²) < 4.78 is 0.716. The van der Waals surface area contributed by atoms with Crippen LogP contribution >= 0.6 is 24.0 Å². The van der Waals surface area contributed by atoms with Crippen molar-refractivity contribution >= 4 is 57.2 Å². The topological polar surface area (TPSA) is 23.6 Å². The Bertz CT molecular complexity index is 1610. The monoisotopic (exact) mass is 586 g/mol. The summed E-state index contributed by atoms with van der Waals surface area (Å²) >= 11 is 7.01. The standard InChI is InChI=1S/C37H34N2OS2/c1-2-38-36(40)35(42-37(38)41)24-26-18-21-34-32(23-26)30-14-9-15-33(30)39(34)29-19-16-25(17-20-29)22-31(27-10-5-3-6-11-27)28-12-7-4-8-13-28/h3-8,10-13,16-23,30,33,35H,2,9,14-15,24H2,1H3. The first kappa shape index (κ1) is 27.2. The molecule has 2 heterocycles. The Balaban J connectivity index is 1.17. The maximum Gasteiger partial charge on any atom is 0.241 e. The van der Waals surface area contributed by atoms with E-state index in [0.717, 1.165) is 6.42 Å². The minimum absolute atomic E-state index is 0.107. The number of nitrogens with zero attached hydrogens (tertiary/aromatic N) is 2. The highest BCUT2D eigenvalue weighted by Gasteiger charge is 2.42. The van der Waals surface area contributed by atoms with Gasteiger partial charge in [0.05, 0.1) is 5.25 Å². The van der Waals surface area contributed by atoms with Gasteiger partial charge in [-0.3, -0.25) is 9.69 Å². The van der Waals surface area contributed by atoms with Crippen LogP contribution in [0.1, 0.15) is 59.9 Å². The highest BCUT2D eigenvalue weighted by molar-refractivity contribution is 8.24. The van der Waals surface area contributed by atoms with Gasteiger partial charge in [0.25, 0.3) is 0 Å². The van der Waals surface area contributed by atoms with Crippen LogP contribution in [0.2, 0.25) is 0 Å². The van der Waals surface area contributed by atoms with Gasteiger partial charge in [0.1, 0.15) is 4.32 Å². The minimum atomic E-state index is -0.107. The quantitative estimate of drug-likeness (QED) is 0.159. The predicted molar refractivity (Wildman–Crippen MR) is 180 cm³/mol. The molecule has 0 aromatic heterocycles. The first-order valence-corrected chi connectivity index (χ1v) is 16.3. The molecule has 2 fully saturated rings. The van der Waals surface area contributed by atoms with E-state index in [0.29, 0.717) is 22.8 Å². The number of amides is 1. The van der Waals surface area contributed by atoms with Gasteiger partial charge in [-0.05, 0) is 83.9 Å². The highest BCUT2D eigenvalue weighted by Crippen LogP contribution is 2.52. The van der Waals surface area contributed by atoms with Crippen molar-refractivity contribution in [3.63, 3.8) is 0 Å². The predicted octanol–water partition coefficient (Wildman–Crippen LogP) is 8.85. The molecular weight excluding hydrogens is 553 g/mol. The van der Waals surface area contributed by atoms with Gasteiger partial charge in [0, 0.05) is 29.9 Å². The lowest BCUT2D eigenvalue weighted by atomic mass is 9.95. The van der Waals surface area contributed by atoms with Gasteiger partial charge in [-0.1, -0.05) is 115 Å². The van der Waals surface area contributed by atoms with Crippen molar-refractivity contribution in [1.29, 1.82) is 0 Å². The lowest BCUT2D eigenvalue weighted by molar-refractivity contribution is -0.125. The summed E-state index contributed by atoms with van der Waals surface area (Å²) in [5, 5.41) is -0.107. The number of carbonyl (C=O) groups is 1. The molecule has 0 bridgehead atoms. The Hall–Kier alpha value is -3.67. The Morgan fingerprint density at radius 2 is 1.60 bits per heavy atom. The number of benzene rings is 4. The molecule has 3 nitrogen and oxygen atoms in total. The van der Waals surface area contributed by atoms with E-state index in [9.17, 15) is 4.79 Å². The summed E-state index contributed by atoms with van der Waals surface area (Å²) in [5.41, 5.74) is 10.1. The molecule has 0 N–H and O–H groups in total.